The van der Waals surface area contributed by atoms with Crippen LogP contribution in [0.1, 0.15) is 23.2 Å². The van der Waals surface area contributed by atoms with Gasteiger partial charge in [0.2, 0.25) is 0 Å². The van der Waals surface area contributed by atoms with Crippen molar-refractivity contribution in [2.24, 2.45) is 0 Å². The third-order valence-electron chi connectivity index (χ3n) is 3.67. The molecule has 84 valence electrons. The molecule has 1 aromatic carbocycles. The van der Waals surface area contributed by atoms with Crippen LogP contribution in [0.4, 0.5) is 5.69 Å². The number of hydrogen-bond acceptors (Lipinski definition) is 2. The molecule has 0 aliphatic carbocycles. The van der Waals surface area contributed by atoms with E-state index in [-0.39, 0.29) is 5.91 Å². The van der Waals surface area contributed by atoms with Gasteiger partial charge in [-0.15, -0.1) is 0 Å². The van der Waals surface area contributed by atoms with Gasteiger partial charge in [0.1, 0.15) is 0 Å². The number of amides is 1. The first kappa shape index (κ1) is 9.70. The van der Waals surface area contributed by atoms with E-state index in [1.54, 1.807) is 0 Å². The van der Waals surface area contributed by atoms with Crippen LogP contribution in [-0.2, 0) is 0 Å². The minimum absolute atomic E-state index is 0.211. The van der Waals surface area contributed by atoms with Gasteiger partial charge in [0.15, 0.2) is 0 Å². The highest BCUT2D eigenvalue weighted by Gasteiger charge is 2.34. The van der Waals surface area contributed by atoms with Gasteiger partial charge in [-0.2, -0.15) is 0 Å². The smallest absolute Gasteiger partial charge is 0.256 e. The monoisotopic (exact) mass is 216 g/mol. The number of nitrogens with zero attached hydrogens (tertiary/aromatic N) is 2. The minimum Gasteiger partial charge on any atom is -0.372 e. The van der Waals surface area contributed by atoms with Crippen molar-refractivity contribution < 1.29 is 4.79 Å². The summed E-state index contributed by atoms with van der Waals surface area (Å²) in [6, 6.07) is 8.33. The van der Waals surface area contributed by atoms with E-state index in [4.69, 9.17) is 0 Å². The number of carbonyl (C=O) groups is 1. The molecule has 1 unspecified atom stereocenters. The fourth-order valence-electron chi connectivity index (χ4n) is 2.85. The van der Waals surface area contributed by atoms with Gasteiger partial charge in [0.05, 0.1) is 5.56 Å². The lowest BCUT2D eigenvalue weighted by Crippen LogP contribution is -2.38. The molecular formula is C13H16N2O. The standard InChI is InChI=1S/C13H16N2O/c1-14-9-10-5-4-8-15(10)13(16)11-6-2-3-7-12(11)14/h2-3,6-7,10H,4-5,8-9H2,1H3. The van der Waals surface area contributed by atoms with Crippen LogP contribution in [0.15, 0.2) is 24.3 Å². The van der Waals surface area contributed by atoms with E-state index in [1.165, 1.54) is 0 Å². The number of para-hydroxylation sites is 1. The number of likely N-dealkylation sites (N-methyl/N-ethyl adjacent to an activating group) is 1. The van der Waals surface area contributed by atoms with E-state index in [1.807, 2.05) is 29.2 Å². The maximum absolute atomic E-state index is 12.4. The van der Waals surface area contributed by atoms with Crippen LogP contribution in [0.3, 0.4) is 0 Å². The Labute approximate surface area is 95.7 Å². The molecule has 1 aromatic rings. The molecule has 0 aromatic heterocycles. The van der Waals surface area contributed by atoms with Crippen molar-refractivity contribution in [1.29, 1.82) is 0 Å². The summed E-state index contributed by atoms with van der Waals surface area (Å²) in [7, 11) is 2.08. The Balaban J connectivity index is 2.09. The summed E-state index contributed by atoms with van der Waals surface area (Å²) in [5.41, 5.74) is 1.93. The Morgan fingerprint density at radius 2 is 2.12 bits per heavy atom. The van der Waals surface area contributed by atoms with Crippen LogP contribution in [0, 0.1) is 0 Å². The average molecular weight is 216 g/mol. The summed E-state index contributed by atoms with van der Waals surface area (Å²) in [4.78, 5) is 16.6. The van der Waals surface area contributed by atoms with Gasteiger partial charge in [-0.1, -0.05) is 12.1 Å². The normalized spacial score (nSPS) is 24.1. The van der Waals surface area contributed by atoms with E-state index >= 15 is 0 Å². The Kier molecular flexibility index (Phi) is 2.13. The number of benzene rings is 1. The molecule has 1 fully saturated rings. The average Bonchev–Trinajstić information content (AvgIpc) is 2.72. The molecule has 1 atom stereocenters. The third-order valence-corrected chi connectivity index (χ3v) is 3.67. The fraction of sp³-hybridized carbons (Fsp3) is 0.462. The van der Waals surface area contributed by atoms with Crippen molar-refractivity contribution in [3.8, 4) is 0 Å². The topological polar surface area (TPSA) is 23.6 Å². The lowest BCUT2D eigenvalue weighted by Gasteiger charge is -2.24. The quantitative estimate of drug-likeness (QED) is 0.659. The number of hydrogen-bond donors (Lipinski definition) is 0. The molecular weight excluding hydrogens is 200 g/mol. The predicted octanol–water partition coefficient (Wildman–Crippen LogP) is 1.74. The Bertz CT molecular complexity index is 430. The summed E-state index contributed by atoms with van der Waals surface area (Å²) in [6.07, 6.45) is 2.29. The highest BCUT2D eigenvalue weighted by atomic mass is 16.2. The van der Waals surface area contributed by atoms with Crippen molar-refractivity contribution in [1.82, 2.24) is 4.90 Å². The van der Waals surface area contributed by atoms with Gasteiger partial charge in [-0.3, -0.25) is 4.79 Å². The Morgan fingerprint density at radius 1 is 1.31 bits per heavy atom. The van der Waals surface area contributed by atoms with Gasteiger partial charge >= 0.3 is 0 Å². The number of rotatable bonds is 0. The van der Waals surface area contributed by atoms with Crippen LogP contribution in [0.5, 0.6) is 0 Å². The fourth-order valence-corrected chi connectivity index (χ4v) is 2.85. The van der Waals surface area contributed by atoms with Crippen LogP contribution in [0.25, 0.3) is 0 Å². The molecule has 3 heteroatoms. The molecule has 0 radical (unpaired) electrons. The summed E-state index contributed by atoms with van der Waals surface area (Å²) < 4.78 is 0. The van der Waals surface area contributed by atoms with E-state index in [2.05, 4.69) is 11.9 Å². The first-order valence-corrected chi connectivity index (χ1v) is 5.88. The van der Waals surface area contributed by atoms with Gasteiger partial charge in [-0.05, 0) is 25.0 Å². The molecule has 0 saturated carbocycles. The second-order valence-electron chi connectivity index (χ2n) is 4.69. The molecule has 16 heavy (non-hydrogen) atoms. The lowest BCUT2D eigenvalue weighted by atomic mass is 10.1. The number of fused-ring (bicyclic) bond motifs is 2. The van der Waals surface area contributed by atoms with E-state index in [0.29, 0.717) is 6.04 Å². The predicted molar refractivity (Wildman–Crippen MR) is 63.8 cm³/mol. The van der Waals surface area contributed by atoms with Crippen LogP contribution in [0.2, 0.25) is 0 Å². The Morgan fingerprint density at radius 3 is 3.00 bits per heavy atom. The highest BCUT2D eigenvalue weighted by Crippen LogP contribution is 2.30. The molecule has 0 bridgehead atoms. The van der Waals surface area contributed by atoms with Gasteiger partial charge in [0, 0.05) is 31.9 Å². The molecule has 3 rings (SSSR count). The van der Waals surface area contributed by atoms with Crippen molar-refractivity contribution in [3.63, 3.8) is 0 Å². The molecule has 2 aliphatic rings. The molecule has 0 spiro atoms. The zero-order valence-corrected chi connectivity index (χ0v) is 9.52. The Hall–Kier alpha value is -1.51. The molecule has 2 heterocycles. The van der Waals surface area contributed by atoms with E-state index in [0.717, 1.165) is 37.2 Å². The van der Waals surface area contributed by atoms with E-state index in [9.17, 15) is 4.79 Å². The van der Waals surface area contributed by atoms with Crippen molar-refractivity contribution in [3.05, 3.63) is 29.8 Å². The molecule has 0 N–H and O–H groups in total. The maximum atomic E-state index is 12.4. The number of carbonyl (C=O) groups excluding carboxylic acids is 1. The molecule has 3 nitrogen and oxygen atoms in total. The van der Waals surface area contributed by atoms with Crippen molar-refractivity contribution in [2.45, 2.75) is 18.9 Å². The molecule has 2 aliphatic heterocycles. The summed E-state index contributed by atoms with van der Waals surface area (Å²) >= 11 is 0. The van der Waals surface area contributed by atoms with Crippen molar-refractivity contribution in [2.75, 3.05) is 25.0 Å². The zero-order valence-electron chi connectivity index (χ0n) is 9.52. The SMILES string of the molecule is CN1CC2CCCN2C(=O)c2ccccc21. The molecule has 1 amide bonds. The third kappa shape index (κ3) is 1.31. The van der Waals surface area contributed by atoms with Gasteiger partial charge in [-0.25, -0.2) is 0 Å². The van der Waals surface area contributed by atoms with Crippen LogP contribution in [-0.4, -0.2) is 37.0 Å². The first-order valence-electron chi connectivity index (χ1n) is 5.88. The first-order chi connectivity index (χ1) is 7.77. The lowest BCUT2D eigenvalue weighted by molar-refractivity contribution is 0.0749. The zero-order chi connectivity index (χ0) is 11.1. The summed E-state index contributed by atoms with van der Waals surface area (Å²) in [5.74, 6) is 0.211. The van der Waals surface area contributed by atoms with E-state index < -0.39 is 0 Å². The molecule has 1 saturated heterocycles. The van der Waals surface area contributed by atoms with Crippen molar-refractivity contribution >= 4 is 11.6 Å². The van der Waals surface area contributed by atoms with Crippen LogP contribution >= 0.6 is 0 Å². The largest absolute Gasteiger partial charge is 0.372 e. The maximum Gasteiger partial charge on any atom is 0.256 e. The highest BCUT2D eigenvalue weighted by molar-refractivity contribution is 6.00. The second-order valence-corrected chi connectivity index (χ2v) is 4.69. The van der Waals surface area contributed by atoms with Crippen LogP contribution < -0.4 is 4.90 Å². The van der Waals surface area contributed by atoms with Gasteiger partial charge < -0.3 is 9.80 Å². The summed E-state index contributed by atoms with van der Waals surface area (Å²) in [6.45, 7) is 1.88. The second kappa shape index (κ2) is 3.51. The minimum atomic E-state index is 0.211. The summed E-state index contributed by atoms with van der Waals surface area (Å²) in [5, 5.41) is 0. The number of anilines is 1. The van der Waals surface area contributed by atoms with Gasteiger partial charge in [0.25, 0.3) is 5.91 Å².